The minimum absolute atomic E-state index is 0.542. The Morgan fingerprint density at radius 3 is 3.00 bits per heavy atom. The first-order valence-corrected chi connectivity index (χ1v) is 3.57. The van der Waals surface area contributed by atoms with Crippen LogP contribution >= 0.6 is 0 Å². The Bertz CT molecular complexity index is 66.7. The zero-order valence-corrected chi connectivity index (χ0v) is 5.69. The Kier molecular flexibility index (Phi) is 2.97. The topological polar surface area (TPSA) is 50.1 Å². The third kappa shape index (κ3) is 2.30. The molecule has 1 saturated heterocycles. The fraction of sp³-hybridized carbons (Fsp3) is 1.00. The smallest absolute Gasteiger partial charge is 0.0202 e. The number of nitrogens with one attached hydrogen (secondary N) is 2. The molecule has 3 nitrogen and oxygen atoms in total. The summed E-state index contributed by atoms with van der Waals surface area (Å²) in [6.07, 6.45) is 1.16. The molecule has 0 radical (unpaired) electrons. The Morgan fingerprint density at radius 1 is 1.33 bits per heavy atom. The highest BCUT2D eigenvalue weighted by molar-refractivity contribution is 4.72. The molecule has 0 aliphatic carbocycles. The van der Waals surface area contributed by atoms with Crippen LogP contribution in [0.4, 0.5) is 0 Å². The van der Waals surface area contributed by atoms with Crippen LogP contribution in [0.1, 0.15) is 6.42 Å². The number of rotatable bonds is 1. The Morgan fingerprint density at radius 2 is 2.22 bits per heavy atom. The van der Waals surface area contributed by atoms with Crippen LogP contribution < -0.4 is 16.4 Å². The van der Waals surface area contributed by atoms with Crippen molar-refractivity contribution in [1.82, 2.24) is 10.6 Å². The van der Waals surface area contributed by atoms with Gasteiger partial charge in [0.25, 0.3) is 0 Å². The molecule has 0 bridgehead atoms. The molecule has 0 amide bonds. The van der Waals surface area contributed by atoms with E-state index in [1.165, 1.54) is 0 Å². The Hall–Kier alpha value is -0.120. The molecule has 1 atom stereocenters. The summed E-state index contributed by atoms with van der Waals surface area (Å²) in [5, 5.41) is 6.64. The van der Waals surface area contributed by atoms with Gasteiger partial charge in [0.2, 0.25) is 0 Å². The lowest BCUT2D eigenvalue weighted by molar-refractivity contribution is 0.532. The summed E-state index contributed by atoms with van der Waals surface area (Å²) in [4.78, 5) is 0. The summed E-state index contributed by atoms with van der Waals surface area (Å²) in [5.74, 6) is 0. The Balaban J connectivity index is 2.18. The third-order valence-electron chi connectivity index (χ3n) is 1.69. The minimum Gasteiger partial charge on any atom is -0.329 e. The summed E-state index contributed by atoms with van der Waals surface area (Å²) in [6, 6.07) is 0.542. The lowest BCUT2D eigenvalue weighted by Crippen LogP contribution is -2.36. The van der Waals surface area contributed by atoms with Crippen LogP contribution in [0.5, 0.6) is 0 Å². The van der Waals surface area contributed by atoms with E-state index in [4.69, 9.17) is 5.73 Å². The first-order chi connectivity index (χ1) is 4.43. The largest absolute Gasteiger partial charge is 0.329 e. The van der Waals surface area contributed by atoms with Crippen LogP contribution in [0.2, 0.25) is 0 Å². The number of hydrogen-bond acceptors (Lipinski definition) is 3. The van der Waals surface area contributed by atoms with Crippen molar-refractivity contribution in [1.29, 1.82) is 0 Å². The van der Waals surface area contributed by atoms with Crippen molar-refractivity contribution >= 4 is 0 Å². The zero-order chi connectivity index (χ0) is 6.53. The molecule has 1 rings (SSSR count). The van der Waals surface area contributed by atoms with Crippen LogP contribution in [0.25, 0.3) is 0 Å². The average Bonchev–Trinajstić information content (AvgIpc) is 2.13. The molecule has 0 spiro atoms. The molecule has 0 aromatic rings. The minimum atomic E-state index is 0.542. The van der Waals surface area contributed by atoms with Crippen LogP contribution in [-0.4, -0.2) is 32.2 Å². The maximum atomic E-state index is 5.48. The van der Waals surface area contributed by atoms with Gasteiger partial charge in [0, 0.05) is 25.7 Å². The molecule has 9 heavy (non-hydrogen) atoms. The van der Waals surface area contributed by atoms with E-state index < -0.39 is 0 Å². The van der Waals surface area contributed by atoms with Gasteiger partial charge < -0.3 is 16.4 Å². The number of hydrogen-bond donors (Lipinski definition) is 3. The second-order valence-electron chi connectivity index (χ2n) is 2.43. The molecule has 1 aliphatic rings. The highest BCUT2D eigenvalue weighted by Gasteiger charge is 2.06. The molecule has 0 aromatic carbocycles. The molecule has 1 heterocycles. The second-order valence-corrected chi connectivity index (χ2v) is 2.43. The first kappa shape index (κ1) is 6.99. The molecule has 3 heteroatoms. The van der Waals surface area contributed by atoms with Gasteiger partial charge in [0.15, 0.2) is 0 Å². The van der Waals surface area contributed by atoms with Gasteiger partial charge in [-0.1, -0.05) is 0 Å². The summed E-state index contributed by atoms with van der Waals surface area (Å²) < 4.78 is 0. The van der Waals surface area contributed by atoms with E-state index in [1.807, 2.05) is 0 Å². The maximum absolute atomic E-state index is 5.48. The quantitative estimate of drug-likeness (QED) is 0.421. The predicted octanol–water partition coefficient (Wildman–Crippen LogP) is -1.10. The molecule has 1 aliphatic heterocycles. The molecule has 4 N–H and O–H groups in total. The third-order valence-corrected chi connectivity index (χ3v) is 1.69. The summed E-state index contributed by atoms with van der Waals surface area (Å²) >= 11 is 0. The van der Waals surface area contributed by atoms with Gasteiger partial charge >= 0.3 is 0 Å². The highest BCUT2D eigenvalue weighted by Crippen LogP contribution is 1.89. The molecule has 54 valence electrons. The Labute approximate surface area is 56.0 Å². The lowest BCUT2D eigenvalue weighted by Gasteiger charge is -2.10. The second kappa shape index (κ2) is 3.82. The highest BCUT2D eigenvalue weighted by atomic mass is 15.0. The van der Waals surface area contributed by atoms with Crippen molar-refractivity contribution in [3.05, 3.63) is 0 Å². The summed E-state index contributed by atoms with van der Waals surface area (Å²) in [5.41, 5.74) is 5.48. The normalized spacial score (nSPS) is 29.7. The van der Waals surface area contributed by atoms with Gasteiger partial charge in [0.05, 0.1) is 0 Å². The van der Waals surface area contributed by atoms with Gasteiger partial charge in [-0.25, -0.2) is 0 Å². The fourth-order valence-electron chi connectivity index (χ4n) is 1.07. The zero-order valence-electron chi connectivity index (χ0n) is 5.69. The predicted molar refractivity (Wildman–Crippen MR) is 38.3 cm³/mol. The van der Waals surface area contributed by atoms with Crippen molar-refractivity contribution in [2.45, 2.75) is 12.5 Å². The van der Waals surface area contributed by atoms with E-state index in [-0.39, 0.29) is 0 Å². The van der Waals surface area contributed by atoms with Gasteiger partial charge in [-0.2, -0.15) is 0 Å². The van der Waals surface area contributed by atoms with Gasteiger partial charge in [-0.3, -0.25) is 0 Å². The lowest BCUT2D eigenvalue weighted by atomic mass is 10.2. The van der Waals surface area contributed by atoms with Crippen LogP contribution in [-0.2, 0) is 0 Å². The first-order valence-electron chi connectivity index (χ1n) is 3.57. The van der Waals surface area contributed by atoms with E-state index in [1.54, 1.807) is 0 Å². The summed E-state index contributed by atoms with van der Waals surface area (Å²) in [6.45, 7) is 4.01. The van der Waals surface area contributed by atoms with Crippen molar-refractivity contribution in [3.63, 3.8) is 0 Å². The van der Waals surface area contributed by atoms with Crippen molar-refractivity contribution in [2.24, 2.45) is 5.73 Å². The van der Waals surface area contributed by atoms with Gasteiger partial charge in [-0.15, -0.1) is 0 Å². The molecule has 0 aromatic heterocycles. The standard InChI is InChI=1S/C6H15N3/c7-5-6-1-2-8-3-4-9-6/h6,8-9H,1-5,7H2. The van der Waals surface area contributed by atoms with Crippen molar-refractivity contribution in [3.8, 4) is 0 Å². The fourth-order valence-corrected chi connectivity index (χ4v) is 1.07. The van der Waals surface area contributed by atoms with E-state index in [0.717, 1.165) is 32.6 Å². The van der Waals surface area contributed by atoms with Crippen LogP contribution in [0.3, 0.4) is 0 Å². The molecule has 0 saturated carbocycles. The average molecular weight is 129 g/mol. The van der Waals surface area contributed by atoms with Crippen LogP contribution in [0.15, 0.2) is 0 Å². The van der Waals surface area contributed by atoms with Gasteiger partial charge in [-0.05, 0) is 13.0 Å². The number of nitrogens with two attached hydrogens (primary N) is 1. The molecular formula is C6H15N3. The molecule has 1 fully saturated rings. The van der Waals surface area contributed by atoms with Crippen molar-refractivity contribution < 1.29 is 0 Å². The van der Waals surface area contributed by atoms with Crippen LogP contribution in [0, 0.1) is 0 Å². The van der Waals surface area contributed by atoms with E-state index in [2.05, 4.69) is 10.6 Å². The molecule has 1 unspecified atom stereocenters. The SMILES string of the molecule is NCC1CCNCCN1. The molecular weight excluding hydrogens is 114 g/mol. The summed E-state index contributed by atoms with van der Waals surface area (Å²) in [7, 11) is 0. The van der Waals surface area contributed by atoms with Crippen molar-refractivity contribution in [2.75, 3.05) is 26.2 Å². The van der Waals surface area contributed by atoms with E-state index >= 15 is 0 Å². The van der Waals surface area contributed by atoms with E-state index in [9.17, 15) is 0 Å². The maximum Gasteiger partial charge on any atom is 0.0202 e. The monoisotopic (exact) mass is 129 g/mol. The van der Waals surface area contributed by atoms with E-state index in [0.29, 0.717) is 6.04 Å². The van der Waals surface area contributed by atoms with Gasteiger partial charge in [0.1, 0.15) is 0 Å².